The van der Waals surface area contributed by atoms with Gasteiger partial charge in [-0.05, 0) is 19.1 Å². The molecule has 7 nitrogen and oxygen atoms in total. The van der Waals surface area contributed by atoms with Crippen LogP contribution in [0.3, 0.4) is 0 Å². The molecule has 1 N–H and O–H groups in total. The Bertz CT molecular complexity index is 671. The summed E-state index contributed by atoms with van der Waals surface area (Å²) in [5, 5.41) is 2.91. The van der Waals surface area contributed by atoms with E-state index in [-0.39, 0.29) is 5.91 Å². The van der Waals surface area contributed by atoms with Gasteiger partial charge in [0, 0.05) is 63.2 Å². The number of anilines is 1. The van der Waals surface area contributed by atoms with Gasteiger partial charge in [0.15, 0.2) is 0 Å². The largest absolute Gasteiger partial charge is 0.337 e. The minimum atomic E-state index is 0.0194. The summed E-state index contributed by atoms with van der Waals surface area (Å²) in [5.41, 5.74) is 0.788. The molecule has 0 aliphatic carbocycles. The van der Waals surface area contributed by atoms with Gasteiger partial charge < -0.3 is 9.88 Å². The molecule has 0 bridgehead atoms. The number of hydrogen-bond acceptors (Lipinski definition) is 5. The maximum Gasteiger partial charge on any atom is 0.238 e. The van der Waals surface area contributed by atoms with Crippen LogP contribution in [0.1, 0.15) is 12.7 Å². The van der Waals surface area contributed by atoms with Crippen LogP contribution in [0.15, 0.2) is 36.9 Å². The second-order valence-electron chi connectivity index (χ2n) is 6.29. The number of rotatable bonds is 5. The number of nitrogens with zero attached hydrogens (tertiary/aromatic N) is 5. The fourth-order valence-electron chi connectivity index (χ4n) is 3.02. The SMILES string of the molecule is CC1CN(CC(=O)Nc2ccncc2)CCN1Cc1nccn1C. The first-order valence-electron chi connectivity index (χ1n) is 8.24. The van der Waals surface area contributed by atoms with Gasteiger partial charge in [0.05, 0.1) is 13.1 Å². The average molecular weight is 328 g/mol. The average Bonchev–Trinajstić information content (AvgIpc) is 2.96. The van der Waals surface area contributed by atoms with Gasteiger partial charge in [-0.15, -0.1) is 0 Å². The monoisotopic (exact) mass is 328 g/mol. The highest BCUT2D eigenvalue weighted by atomic mass is 16.2. The highest BCUT2D eigenvalue weighted by molar-refractivity contribution is 5.92. The summed E-state index contributed by atoms with van der Waals surface area (Å²) in [6.45, 7) is 6.18. The Morgan fingerprint density at radius 2 is 2.08 bits per heavy atom. The van der Waals surface area contributed by atoms with E-state index in [4.69, 9.17) is 0 Å². The minimum Gasteiger partial charge on any atom is -0.337 e. The Hall–Kier alpha value is -2.25. The van der Waals surface area contributed by atoms with Gasteiger partial charge >= 0.3 is 0 Å². The number of piperazine rings is 1. The highest BCUT2D eigenvalue weighted by Crippen LogP contribution is 2.13. The van der Waals surface area contributed by atoms with Crippen molar-refractivity contribution >= 4 is 11.6 Å². The summed E-state index contributed by atoms with van der Waals surface area (Å²) in [6, 6.07) is 3.99. The van der Waals surface area contributed by atoms with Gasteiger partial charge in [0.1, 0.15) is 5.82 Å². The highest BCUT2D eigenvalue weighted by Gasteiger charge is 2.25. The van der Waals surface area contributed by atoms with Gasteiger partial charge in [-0.1, -0.05) is 0 Å². The predicted octanol–water partition coefficient (Wildman–Crippen LogP) is 0.960. The number of aromatic nitrogens is 3. The molecule has 2 aromatic rings. The molecular formula is C17H24N6O. The van der Waals surface area contributed by atoms with Crippen LogP contribution in [0, 0.1) is 0 Å². The summed E-state index contributed by atoms with van der Waals surface area (Å²) in [7, 11) is 2.02. The molecule has 3 heterocycles. The van der Waals surface area contributed by atoms with Crippen LogP contribution in [0.5, 0.6) is 0 Å². The van der Waals surface area contributed by atoms with Gasteiger partial charge in [-0.3, -0.25) is 19.6 Å². The third kappa shape index (κ3) is 4.18. The second-order valence-corrected chi connectivity index (χ2v) is 6.29. The van der Waals surface area contributed by atoms with E-state index in [9.17, 15) is 4.79 Å². The Labute approximate surface area is 142 Å². The summed E-state index contributed by atoms with van der Waals surface area (Å²) in [5.74, 6) is 1.09. The van der Waals surface area contributed by atoms with Crippen LogP contribution in [-0.2, 0) is 18.4 Å². The molecule has 1 atom stereocenters. The molecule has 2 aromatic heterocycles. The molecular weight excluding hydrogens is 304 g/mol. The standard InChI is InChI=1S/C17H24N6O/c1-14-11-22(13-17(24)20-15-3-5-18-6-4-15)9-10-23(14)12-16-19-7-8-21(16)2/h3-8,14H,9-13H2,1-2H3,(H,18,20,24). The number of hydrogen-bond donors (Lipinski definition) is 1. The lowest BCUT2D eigenvalue weighted by Crippen LogP contribution is -2.53. The Kier molecular flexibility index (Phi) is 5.22. The summed E-state index contributed by atoms with van der Waals surface area (Å²) >= 11 is 0. The first kappa shape index (κ1) is 16.6. The van der Waals surface area contributed by atoms with Crippen molar-refractivity contribution in [3.8, 4) is 0 Å². The lowest BCUT2D eigenvalue weighted by Gasteiger charge is -2.39. The van der Waals surface area contributed by atoms with E-state index < -0.39 is 0 Å². The van der Waals surface area contributed by atoms with Crippen molar-refractivity contribution in [2.75, 3.05) is 31.5 Å². The zero-order chi connectivity index (χ0) is 16.9. The molecule has 24 heavy (non-hydrogen) atoms. The van der Waals surface area contributed by atoms with Crippen LogP contribution in [0.25, 0.3) is 0 Å². The lowest BCUT2D eigenvalue weighted by atomic mass is 10.2. The van der Waals surface area contributed by atoms with Gasteiger partial charge in [-0.25, -0.2) is 4.98 Å². The second kappa shape index (κ2) is 7.55. The van der Waals surface area contributed by atoms with E-state index in [1.54, 1.807) is 24.5 Å². The molecule has 3 rings (SSSR count). The Morgan fingerprint density at radius 1 is 1.29 bits per heavy atom. The van der Waals surface area contributed by atoms with Crippen LogP contribution in [-0.4, -0.2) is 62.5 Å². The van der Waals surface area contributed by atoms with Crippen molar-refractivity contribution in [3.05, 3.63) is 42.7 Å². The number of carbonyl (C=O) groups is 1. The summed E-state index contributed by atoms with van der Waals surface area (Å²) in [4.78, 5) is 25.1. The quantitative estimate of drug-likeness (QED) is 0.885. The van der Waals surface area contributed by atoms with E-state index in [1.807, 2.05) is 19.4 Å². The molecule has 0 spiro atoms. The fraction of sp³-hybridized carbons (Fsp3) is 0.471. The van der Waals surface area contributed by atoms with Gasteiger partial charge in [-0.2, -0.15) is 0 Å². The fourth-order valence-corrected chi connectivity index (χ4v) is 3.02. The zero-order valence-corrected chi connectivity index (χ0v) is 14.2. The van der Waals surface area contributed by atoms with Crippen molar-refractivity contribution in [1.29, 1.82) is 0 Å². The third-order valence-corrected chi connectivity index (χ3v) is 4.45. The normalized spacial score (nSPS) is 19.3. The van der Waals surface area contributed by atoms with Gasteiger partial charge in [0.25, 0.3) is 0 Å². The summed E-state index contributed by atoms with van der Waals surface area (Å²) < 4.78 is 2.06. The number of amides is 1. The van der Waals surface area contributed by atoms with Crippen molar-refractivity contribution in [3.63, 3.8) is 0 Å². The molecule has 1 unspecified atom stereocenters. The van der Waals surface area contributed by atoms with Crippen LogP contribution in [0.2, 0.25) is 0 Å². The zero-order valence-electron chi connectivity index (χ0n) is 14.2. The molecule has 0 radical (unpaired) electrons. The van der Waals surface area contributed by atoms with E-state index >= 15 is 0 Å². The maximum atomic E-state index is 12.2. The molecule has 1 aliphatic heterocycles. The third-order valence-electron chi connectivity index (χ3n) is 4.45. The number of carbonyl (C=O) groups excluding carboxylic acids is 1. The Morgan fingerprint density at radius 3 is 2.75 bits per heavy atom. The lowest BCUT2D eigenvalue weighted by molar-refractivity contribution is -0.118. The first-order valence-corrected chi connectivity index (χ1v) is 8.24. The molecule has 1 aliphatic rings. The van der Waals surface area contributed by atoms with Crippen LogP contribution in [0.4, 0.5) is 5.69 Å². The Balaban J connectivity index is 1.48. The molecule has 1 amide bonds. The van der Waals surface area contributed by atoms with Crippen molar-refractivity contribution in [2.45, 2.75) is 19.5 Å². The molecule has 7 heteroatoms. The molecule has 128 valence electrons. The molecule has 0 saturated carbocycles. The van der Waals surface area contributed by atoms with Gasteiger partial charge in [0.2, 0.25) is 5.91 Å². The topological polar surface area (TPSA) is 66.3 Å². The number of pyridine rings is 1. The van der Waals surface area contributed by atoms with Crippen molar-refractivity contribution < 1.29 is 4.79 Å². The smallest absolute Gasteiger partial charge is 0.238 e. The van der Waals surface area contributed by atoms with E-state index in [0.29, 0.717) is 12.6 Å². The number of imidazole rings is 1. The molecule has 1 fully saturated rings. The number of nitrogens with one attached hydrogen (secondary N) is 1. The summed E-state index contributed by atoms with van der Waals surface area (Å²) in [6.07, 6.45) is 7.15. The van der Waals surface area contributed by atoms with Crippen molar-refractivity contribution in [1.82, 2.24) is 24.3 Å². The molecule has 1 saturated heterocycles. The maximum absolute atomic E-state index is 12.2. The minimum absolute atomic E-state index is 0.0194. The molecule has 0 aromatic carbocycles. The number of aryl methyl sites for hydroxylation is 1. The van der Waals surface area contributed by atoms with Crippen LogP contribution < -0.4 is 5.32 Å². The van der Waals surface area contributed by atoms with E-state index in [0.717, 1.165) is 37.7 Å². The van der Waals surface area contributed by atoms with E-state index in [2.05, 4.69) is 36.6 Å². The van der Waals surface area contributed by atoms with Crippen LogP contribution >= 0.6 is 0 Å². The van der Waals surface area contributed by atoms with Crippen molar-refractivity contribution in [2.24, 2.45) is 7.05 Å². The first-order chi connectivity index (χ1) is 11.6. The predicted molar refractivity (Wildman–Crippen MR) is 92.4 cm³/mol. The van der Waals surface area contributed by atoms with E-state index in [1.165, 1.54) is 0 Å².